The summed E-state index contributed by atoms with van der Waals surface area (Å²) >= 11 is 0. The summed E-state index contributed by atoms with van der Waals surface area (Å²) in [6.45, 7) is 12.0. The average molecular weight is 1560 g/mol. The van der Waals surface area contributed by atoms with Crippen molar-refractivity contribution in [2.45, 2.75) is 484 Å². The zero-order chi connectivity index (χ0) is 78.6. The van der Waals surface area contributed by atoms with Gasteiger partial charge < -0.3 is 33.8 Å². The van der Waals surface area contributed by atoms with E-state index >= 15 is 0 Å². The third-order valence-corrected chi connectivity index (χ3v) is 23.3. The molecule has 0 aliphatic heterocycles. The van der Waals surface area contributed by atoms with Crippen LogP contribution in [-0.4, -0.2) is 96.7 Å². The number of hydrogen-bond donors (Lipinski definition) is 3. The first-order chi connectivity index (χ1) is 51.8. The van der Waals surface area contributed by atoms with Gasteiger partial charge in [-0.05, 0) is 43.4 Å². The maximum Gasteiger partial charge on any atom is 0.472 e. The molecule has 0 bridgehead atoms. The first kappa shape index (κ1) is 105. The summed E-state index contributed by atoms with van der Waals surface area (Å²) in [4.78, 5) is 73.3. The Balaban J connectivity index is 5.25. The second-order valence-electron chi connectivity index (χ2n) is 32.6. The Hall–Kier alpha value is -1.94. The Kier molecular flexibility index (Phi) is 76.6. The highest BCUT2D eigenvalue weighted by Crippen LogP contribution is 2.45. The van der Waals surface area contributed by atoms with Gasteiger partial charge in [0.2, 0.25) is 0 Å². The number of esters is 4. The van der Waals surface area contributed by atoms with Crippen LogP contribution in [0.4, 0.5) is 0 Å². The van der Waals surface area contributed by atoms with E-state index in [1.54, 1.807) is 0 Å². The zero-order valence-corrected chi connectivity index (χ0v) is 72.4. The molecule has 3 N–H and O–H groups in total. The first-order valence-electron chi connectivity index (χ1n) is 45.4. The normalized spacial score (nSPS) is 14.3. The molecular weight excluding hydrogens is 1390 g/mol. The lowest BCUT2D eigenvalue weighted by Gasteiger charge is -2.21. The van der Waals surface area contributed by atoms with E-state index < -0.39 is 97.5 Å². The molecule has 0 amide bonds. The summed E-state index contributed by atoms with van der Waals surface area (Å²) in [5.41, 5.74) is 0. The standard InChI is InChI=1S/C88H172O17P2/c1-8-11-12-13-14-15-16-17-18-19-20-21-25-28-31-34-40-48-55-62-69-85(90)98-75-83(104-87(92)71-64-57-50-41-35-32-29-26-23-22-24-27-30-33-38-45-52-59-66-79(4)5)77-102-106(94,95)100-73-82(89)74-101-107(96,97)103-78-84(76-99-86(91)70-63-56-49-44-43-47-54-61-68-81(7)10-3)105-88(93)72-65-58-51-42-37-36-39-46-53-60-67-80(6)9-2/h79-84,89H,8-78H2,1-7H3,(H,94,95)(H,96,97)/t80?,81?,82-,83-,84-/m1/s1. The monoisotopic (exact) mass is 1560 g/mol. The molecule has 0 spiro atoms. The van der Waals surface area contributed by atoms with Crippen molar-refractivity contribution in [1.29, 1.82) is 0 Å². The van der Waals surface area contributed by atoms with Gasteiger partial charge in [-0.15, -0.1) is 0 Å². The summed E-state index contributed by atoms with van der Waals surface area (Å²) < 4.78 is 69.0. The van der Waals surface area contributed by atoms with Gasteiger partial charge in [0, 0.05) is 25.7 Å². The van der Waals surface area contributed by atoms with Crippen molar-refractivity contribution < 1.29 is 80.2 Å². The number of rotatable bonds is 86. The van der Waals surface area contributed by atoms with Crippen LogP contribution in [0.25, 0.3) is 0 Å². The van der Waals surface area contributed by atoms with Gasteiger partial charge in [0.25, 0.3) is 0 Å². The molecule has 7 atom stereocenters. The van der Waals surface area contributed by atoms with Gasteiger partial charge in [0.05, 0.1) is 26.4 Å². The second kappa shape index (κ2) is 78.0. The predicted molar refractivity (Wildman–Crippen MR) is 441 cm³/mol. The van der Waals surface area contributed by atoms with Crippen molar-refractivity contribution >= 4 is 39.5 Å². The summed E-state index contributed by atoms with van der Waals surface area (Å²) in [6, 6.07) is 0. The van der Waals surface area contributed by atoms with E-state index in [-0.39, 0.29) is 25.7 Å². The maximum atomic E-state index is 13.2. The Labute approximate surface area is 658 Å². The van der Waals surface area contributed by atoms with E-state index in [0.717, 1.165) is 108 Å². The number of aliphatic hydroxyl groups is 1. The summed E-state index contributed by atoms with van der Waals surface area (Å²) in [6.07, 6.45) is 69.4. The fraction of sp³-hybridized carbons (Fsp3) is 0.955. The number of unbranched alkanes of at least 4 members (excludes halogenated alkanes) is 52. The number of phosphoric acid groups is 2. The molecule has 0 aliphatic rings. The van der Waals surface area contributed by atoms with Gasteiger partial charge in [-0.3, -0.25) is 37.3 Å². The van der Waals surface area contributed by atoms with Crippen LogP contribution in [0, 0.1) is 17.8 Å². The minimum atomic E-state index is -4.97. The summed E-state index contributed by atoms with van der Waals surface area (Å²) in [5, 5.41) is 10.7. The molecule has 636 valence electrons. The number of carbonyl (C=O) groups excluding carboxylic acids is 4. The molecule has 19 heteroatoms. The number of phosphoric ester groups is 2. The number of carbonyl (C=O) groups is 4. The summed E-state index contributed by atoms with van der Waals surface area (Å²) in [5.74, 6) is 0.297. The van der Waals surface area contributed by atoms with Crippen LogP contribution in [0.1, 0.15) is 466 Å². The summed E-state index contributed by atoms with van der Waals surface area (Å²) in [7, 11) is -9.93. The highest BCUT2D eigenvalue weighted by molar-refractivity contribution is 7.47. The van der Waals surface area contributed by atoms with Gasteiger partial charge >= 0.3 is 39.5 Å². The van der Waals surface area contributed by atoms with Crippen LogP contribution in [0.5, 0.6) is 0 Å². The van der Waals surface area contributed by atoms with E-state index in [9.17, 15) is 43.2 Å². The van der Waals surface area contributed by atoms with Crippen LogP contribution in [0.2, 0.25) is 0 Å². The number of ether oxygens (including phenoxy) is 4. The highest BCUT2D eigenvalue weighted by atomic mass is 31.2. The van der Waals surface area contributed by atoms with Crippen molar-refractivity contribution in [3.8, 4) is 0 Å². The third-order valence-electron chi connectivity index (χ3n) is 21.4. The highest BCUT2D eigenvalue weighted by Gasteiger charge is 2.31. The number of hydrogen-bond acceptors (Lipinski definition) is 15. The topological polar surface area (TPSA) is 237 Å². The Bertz CT molecular complexity index is 2060. The largest absolute Gasteiger partial charge is 0.472 e. The zero-order valence-electron chi connectivity index (χ0n) is 70.6. The molecule has 0 heterocycles. The molecule has 0 aromatic heterocycles. The molecule has 4 unspecified atom stereocenters. The average Bonchev–Trinajstić information content (AvgIpc) is 0.901. The van der Waals surface area contributed by atoms with Gasteiger partial charge in [-0.2, -0.15) is 0 Å². The lowest BCUT2D eigenvalue weighted by molar-refractivity contribution is -0.161. The molecule has 0 rings (SSSR count). The van der Waals surface area contributed by atoms with Gasteiger partial charge in [0.15, 0.2) is 12.2 Å². The molecule has 0 saturated heterocycles. The SMILES string of the molecule is CCCCCCCCCCCCCCCCCCCCCCC(=O)OC[C@H](COP(=O)(O)OC[C@@H](O)COP(=O)(O)OC[C@@H](COC(=O)CCCCCCCCCCC(C)CC)OC(=O)CCCCCCCCCCCCC(C)CC)OC(=O)CCCCCCCCCCCCCCCCCCCCC(C)C. The van der Waals surface area contributed by atoms with Crippen LogP contribution >= 0.6 is 15.6 Å². The second-order valence-corrected chi connectivity index (χ2v) is 35.5. The van der Waals surface area contributed by atoms with Crippen molar-refractivity contribution in [2.24, 2.45) is 17.8 Å². The minimum Gasteiger partial charge on any atom is -0.462 e. The first-order valence-corrected chi connectivity index (χ1v) is 48.4. The smallest absolute Gasteiger partial charge is 0.462 e. The van der Waals surface area contributed by atoms with Crippen LogP contribution in [0.3, 0.4) is 0 Å². The fourth-order valence-electron chi connectivity index (χ4n) is 13.7. The quantitative estimate of drug-likeness (QED) is 0.0222. The number of aliphatic hydroxyl groups excluding tert-OH is 1. The molecule has 0 saturated carbocycles. The fourth-order valence-corrected chi connectivity index (χ4v) is 15.2. The molecule has 0 aromatic rings. The van der Waals surface area contributed by atoms with Gasteiger partial charge in [-0.1, -0.05) is 414 Å². The predicted octanol–water partition coefficient (Wildman–Crippen LogP) is 26.9. The molecule has 107 heavy (non-hydrogen) atoms. The maximum absolute atomic E-state index is 13.2. The third kappa shape index (κ3) is 79.1. The van der Waals surface area contributed by atoms with Crippen molar-refractivity contribution in [2.75, 3.05) is 39.6 Å². The lowest BCUT2D eigenvalue weighted by Crippen LogP contribution is -2.30. The minimum absolute atomic E-state index is 0.106. The van der Waals surface area contributed by atoms with E-state index in [4.69, 9.17) is 37.0 Å². The molecule has 0 fully saturated rings. The Morgan fingerprint density at radius 2 is 0.477 bits per heavy atom. The Morgan fingerprint density at radius 1 is 0.271 bits per heavy atom. The van der Waals surface area contributed by atoms with Crippen molar-refractivity contribution in [3.05, 3.63) is 0 Å². The molecule has 0 radical (unpaired) electrons. The van der Waals surface area contributed by atoms with Gasteiger partial charge in [-0.25, -0.2) is 9.13 Å². The molecule has 0 aliphatic carbocycles. The van der Waals surface area contributed by atoms with E-state index in [1.807, 2.05) is 0 Å². The molecular formula is C88H172O17P2. The van der Waals surface area contributed by atoms with Gasteiger partial charge in [0.1, 0.15) is 19.3 Å². The lowest BCUT2D eigenvalue weighted by atomic mass is 9.99. The van der Waals surface area contributed by atoms with E-state index in [2.05, 4.69) is 48.5 Å². The molecule has 0 aromatic carbocycles. The van der Waals surface area contributed by atoms with Crippen molar-refractivity contribution in [1.82, 2.24) is 0 Å². The Morgan fingerprint density at radius 3 is 0.710 bits per heavy atom. The van der Waals surface area contributed by atoms with Crippen LogP contribution < -0.4 is 0 Å². The van der Waals surface area contributed by atoms with E-state index in [0.29, 0.717) is 25.7 Å². The van der Waals surface area contributed by atoms with Crippen LogP contribution in [-0.2, 0) is 65.4 Å². The molecule has 17 nitrogen and oxygen atoms in total. The van der Waals surface area contributed by atoms with Crippen LogP contribution in [0.15, 0.2) is 0 Å². The van der Waals surface area contributed by atoms with Crippen molar-refractivity contribution in [3.63, 3.8) is 0 Å². The van der Waals surface area contributed by atoms with E-state index in [1.165, 1.54) is 276 Å².